The third-order valence-corrected chi connectivity index (χ3v) is 6.99. The number of carbonyl (C=O) groups excluding carboxylic acids is 1. The molecular formula is C19H21ClN2O4S. The van der Waals surface area contributed by atoms with E-state index in [0.717, 1.165) is 29.3 Å². The smallest absolute Gasteiger partial charge is 0.264 e. The van der Waals surface area contributed by atoms with Gasteiger partial charge in [-0.15, -0.1) is 0 Å². The Morgan fingerprint density at radius 3 is 2.19 bits per heavy atom. The van der Waals surface area contributed by atoms with Crippen LogP contribution in [0.3, 0.4) is 0 Å². The molecule has 0 aliphatic heterocycles. The number of hydrogen-bond donors (Lipinski definition) is 1. The van der Waals surface area contributed by atoms with Gasteiger partial charge < -0.3 is 5.32 Å². The van der Waals surface area contributed by atoms with Crippen molar-refractivity contribution in [3.63, 3.8) is 0 Å². The first-order valence-corrected chi connectivity index (χ1v) is 10.3. The molecule has 3 rings (SSSR count). The molecule has 1 aliphatic carbocycles. The van der Waals surface area contributed by atoms with Crippen LogP contribution in [0.25, 0.3) is 0 Å². The van der Waals surface area contributed by atoms with Crippen molar-refractivity contribution in [3.8, 4) is 0 Å². The third-order valence-electron chi connectivity index (χ3n) is 5.04. The Hall–Kier alpha value is -1.93. The molecule has 0 atom stereocenters. The number of nitrogens with one attached hydrogen (secondary N) is 1. The second-order valence-corrected chi connectivity index (χ2v) is 8.89. The summed E-state index contributed by atoms with van der Waals surface area (Å²) in [6.07, 6.45) is 2.52. The van der Waals surface area contributed by atoms with Crippen LogP contribution in [0.5, 0.6) is 0 Å². The molecule has 2 aromatic carbocycles. The Morgan fingerprint density at radius 2 is 1.70 bits per heavy atom. The first-order valence-electron chi connectivity index (χ1n) is 8.50. The van der Waals surface area contributed by atoms with E-state index in [9.17, 15) is 13.2 Å². The van der Waals surface area contributed by atoms with Crippen molar-refractivity contribution in [2.45, 2.75) is 29.6 Å². The average molecular weight is 409 g/mol. The van der Waals surface area contributed by atoms with Gasteiger partial charge in [0.2, 0.25) is 5.91 Å². The molecular weight excluding hydrogens is 388 g/mol. The highest BCUT2D eigenvalue weighted by molar-refractivity contribution is 7.89. The predicted octanol–water partition coefficient (Wildman–Crippen LogP) is 3.58. The van der Waals surface area contributed by atoms with Crippen LogP contribution in [0.4, 0.5) is 5.69 Å². The molecule has 144 valence electrons. The molecule has 2 aromatic rings. The predicted molar refractivity (Wildman–Crippen MR) is 104 cm³/mol. The molecule has 1 amide bonds. The van der Waals surface area contributed by atoms with E-state index in [4.69, 9.17) is 16.4 Å². The molecule has 27 heavy (non-hydrogen) atoms. The summed E-state index contributed by atoms with van der Waals surface area (Å²) in [5.41, 5.74) is 0.918. The van der Waals surface area contributed by atoms with E-state index in [2.05, 4.69) is 5.32 Å². The quantitative estimate of drug-likeness (QED) is 0.741. The lowest BCUT2D eigenvalue weighted by Gasteiger charge is -2.40. The van der Waals surface area contributed by atoms with E-state index < -0.39 is 15.4 Å². The van der Waals surface area contributed by atoms with Gasteiger partial charge in [-0.25, -0.2) is 8.42 Å². The number of rotatable bonds is 6. The molecule has 1 saturated carbocycles. The van der Waals surface area contributed by atoms with Crippen LogP contribution in [-0.4, -0.2) is 33.0 Å². The van der Waals surface area contributed by atoms with Crippen LogP contribution in [-0.2, 0) is 25.1 Å². The van der Waals surface area contributed by atoms with Crippen molar-refractivity contribution >= 4 is 33.2 Å². The number of anilines is 1. The fourth-order valence-electron chi connectivity index (χ4n) is 3.15. The van der Waals surface area contributed by atoms with Crippen LogP contribution in [0.2, 0.25) is 5.02 Å². The molecule has 6 nitrogen and oxygen atoms in total. The van der Waals surface area contributed by atoms with Gasteiger partial charge in [0.25, 0.3) is 10.0 Å². The largest absolute Gasteiger partial charge is 0.325 e. The lowest BCUT2D eigenvalue weighted by Crippen LogP contribution is -2.46. The number of benzene rings is 2. The molecule has 0 saturated heterocycles. The van der Waals surface area contributed by atoms with Crippen molar-refractivity contribution in [2.24, 2.45) is 0 Å². The van der Waals surface area contributed by atoms with Gasteiger partial charge in [-0.05, 0) is 54.8 Å². The van der Waals surface area contributed by atoms with E-state index >= 15 is 0 Å². The molecule has 1 N–H and O–H groups in total. The number of nitrogens with zero attached hydrogens (tertiary/aromatic N) is 1. The molecule has 0 spiro atoms. The third kappa shape index (κ3) is 3.73. The molecule has 0 unspecified atom stereocenters. The van der Waals surface area contributed by atoms with Crippen LogP contribution in [0.1, 0.15) is 24.8 Å². The summed E-state index contributed by atoms with van der Waals surface area (Å²) in [6, 6.07) is 13.4. The van der Waals surface area contributed by atoms with Crippen LogP contribution in [0, 0.1) is 0 Å². The molecule has 1 fully saturated rings. The van der Waals surface area contributed by atoms with Crippen molar-refractivity contribution in [1.29, 1.82) is 0 Å². The Morgan fingerprint density at radius 1 is 1.11 bits per heavy atom. The maximum atomic E-state index is 12.9. The number of hydrogen-bond acceptors (Lipinski definition) is 4. The topological polar surface area (TPSA) is 75.7 Å². The summed E-state index contributed by atoms with van der Waals surface area (Å²) in [7, 11) is -1.12. The Bertz CT molecular complexity index is 923. The van der Waals surface area contributed by atoms with E-state index in [1.807, 2.05) is 12.1 Å². The lowest BCUT2D eigenvalue weighted by atomic mass is 9.64. The Labute approximate surface area is 164 Å². The van der Waals surface area contributed by atoms with Crippen molar-refractivity contribution < 1.29 is 18.0 Å². The first kappa shape index (κ1) is 19.8. The zero-order valence-electron chi connectivity index (χ0n) is 15.1. The van der Waals surface area contributed by atoms with Gasteiger partial charge in [-0.3, -0.25) is 9.63 Å². The van der Waals surface area contributed by atoms with E-state index in [0.29, 0.717) is 10.7 Å². The average Bonchev–Trinajstić information content (AvgIpc) is 2.62. The molecule has 0 radical (unpaired) electrons. The fourth-order valence-corrected chi connectivity index (χ4v) is 4.25. The van der Waals surface area contributed by atoms with Gasteiger partial charge in [0.05, 0.1) is 17.4 Å². The molecule has 0 heterocycles. The molecule has 0 aromatic heterocycles. The number of carbonyl (C=O) groups is 1. The molecule has 1 aliphatic rings. The minimum absolute atomic E-state index is 0.0842. The summed E-state index contributed by atoms with van der Waals surface area (Å²) in [5.74, 6) is -0.0966. The van der Waals surface area contributed by atoms with Gasteiger partial charge in [0.1, 0.15) is 0 Å². The maximum absolute atomic E-state index is 12.9. The van der Waals surface area contributed by atoms with E-state index in [-0.39, 0.29) is 10.8 Å². The summed E-state index contributed by atoms with van der Waals surface area (Å²) >= 11 is 5.95. The van der Waals surface area contributed by atoms with Crippen molar-refractivity contribution in [3.05, 3.63) is 59.1 Å². The van der Waals surface area contributed by atoms with Crippen LogP contribution in [0.15, 0.2) is 53.4 Å². The van der Waals surface area contributed by atoms with Crippen LogP contribution < -0.4 is 5.32 Å². The number of hydroxylamine groups is 1. The van der Waals surface area contributed by atoms with Gasteiger partial charge in [0, 0.05) is 17.8 Å². The summed E-state index contributed by atoms with van der Waals surface area (Å²) in [4.78, 5) is 17.8. The monoisotopic (exact) mass is 408 g/mol. The highest BCUT2D eigenvalue weighted by Crippen LogP contribution is 2.44. The number of halogens is 1. The van der Waals surface area contributed by atoms with Gasteiger partial charge >= 0.3 is 0 Å². The summed E-state index contributed by atoms with van der Waals surface area (Å²) < 4.78 is 25.2. The van der Waals surface area contributed by atoms with Crippen molar-refractivity contribution in [1.82, 2.24) is 4.47 Å². The first-order chi connectivity index (χ1) is 12.8. The second kappa shape index (κ2) is 7.59. The fraction of sp³-hybridized carbons (Fsp3) is 0.316. The van der Waals surface area contributed by atoms with E-state index in [1.165, 1.54) is 26.3 Å². The molecule has 0 bridgehead atoms. The van der Waals surface area contributed by atoms with Gasteiger partial charge in [-0.1, -0.05) is 34.6 Å². The summed E-state index contributed by atoms with van der Waals surface area (Å²) in [6.45, 7) is 0. The second-order valence-electron chi connectivity index (χ2n) is 6.52. The minimum Gasteiger partial charge on any atom is -0.325 e. The standard InChI is InChI=1S/C19H21ClN2O4S/c1-22(26-2)27(24,25)17-10-8-16(9-11-17)21-18(23)19(12-3-13-19)14-4-6-15(20)7-5-14/h4-11H,3,12-13H2,1-2H3,(H,21,23). The molecule has 8 heteroatoms. The normalized spacial score (nSPS) is 16.0. The SMILES string of the molecule is CON(C)S(=O)(=O)c1ccc(NC(=O)C2(c3ccc(Cl)cc3)CCC2)cc1. The van der Waals surface area contributed by atoms with Gasteiger partial charge in [0.15, 0.2) is 0 Å². The zero-order valence-corrected chi connectivity index (χ0v) is 16.7. The highest BCUT2D eigenvalue weighted by Gasteiger charge is 2.45. The highest BCUT2D eigenvalue weighted by atomic mass is 35.5. The van der Waals surface area contributed by atoms with E-state index in [1.54, 1.807) is 24.3 Å². The minimum atomic E-state index is -3.72. The Balaban J connectivity index is 1.79. The zero-order chi connectivity index (χ0) is 19.7. The number of sulfonamides is 1. The lowest BCUT2D eigenvalue weighted by molar-refractivity contribution is -0.124. The van der Waals surface area contributed by atoms with Crippen LogP contribution >= 0.6 is 11.6 Å². The van der Waals surface area contributed by atoms with Crippen molar-refractivity contribution in [2.75, 3.05) is 19.5 Å². The summed E-state index contributed by atoms with van der Waals surface area (Å²) in [5, 5.41) is 3.54. The Kier molecular flexibility index (Phi) is 5.58. The maximum Gasteiger partial charge on any atom is 0.264 e. The number of amides is 1. The van der Waals surface area contributed by atoms with Gasteiger partial charge in [-0.2, -0.15) is 0 Å².